The zero-order valence-electron chi connectivity index (χ0n) is 14.8. The maximum Gasteiger partial charge on any atom is 0.354 e. The lowest BCUT2D eigenvalue weighted by atomic mass is 10.2. The fraction of sp³-hybridized carbons (Fsp3) is 0.105. The third-order valence-corrected chi connectivity index (χ3v) is 4.24. The second-order valence-corrected chi connectivity index (χ2v) is 6.37. The third-order valence-electron chi connectivity index (χ3n) is 3.70. The Morgan fingerprint density at radius 2 is 1.89 bits per heavy atom. The number of oxazole rings is 1. The lowest BCUT2D eigenvalue weighted by Gasteiger charge is -2.08. The highest BCUT2D eigenvalue weighted by Crippen LogP contribution is 2.32. The van der Waals surface area contributed by atoms with Gasteiger partial charge in [0.2, 0.25) is 5.89 Å². The van der Waals surface area contributed by atoms with Crippen LogP contribution >= 0.6 is 23.2 Å². The van der Waals surface area contributed by atoms with Crippen molar-refractivity contribution in [3.63, 3.8) is 0 Å². The number of anilines is 1. The van der Waals surface area contributed by atoms with Crippen LogP contribution in [0.2, 0.25) is 10.0 Å². The van der Waals surface area contributed by atoms with Crippen LogP contribution in [0.4, 0.5) is 5.69 Å². The van der Waals surface area contributed by atoms with E-state index in [1.807, 2.05) is 0 Å². The number of halogens is 2. The number of ether oxygens (including phenoxy) is 2. The lowest BCUT2D eigenvalue weighted by molar-refractivity contribution is -0.138. The molecule has 9 heteroatoms. The third kappa shape index (κ3) is 4.27. The van der Waals surface area contributed by atoms with E-state index in [0.29, 0.717) is 38.3 Å². The van der Waals surface area contributed by atoms with Crippen molar-refractivity contribution in [1.82, 2.24) is 4.98 Å². The number of carbonyl (C=O) groups excluding carboxylic acids is 2. The summed E-state index contributed by atoms with van der Waals surface area (Å²) in [6, 6.07) is 9.98. The van der Waals surface area contributed by atoms with Crippen molar-refractivity contribution < 1.29 is 23.5 Å². The minimum Gasteiger partial charge on any atom is -0.466 e. The summed E-state index contributed by atoms with van der Waals surface area (Å²) in [6.07, 6.45) is 0.998. The van der Waals surface area contributed by atoms with Gasteiger partial charge in [-0.05, 0) is 36.4 Å². The van der Waals surface area contributed by atoms with Crippen LogP contribution in [0.5, 0.6) is 0 Å². The quantitative estimate of drug-likeness (QED) is 0.481. The number of nitrogens with one attached hydrogen (secondary N) is 1. The van der Waals surface area contributed by atoms with Crippen molar-refractivity contribution in [3.05, 3.63) is 58.2 Å². The van der Waals surface area contributed by atoms with Crippen LogP contribution in [0, 0.1) is 0 Å². The number of aromatic nitrogens is 1. The highest BCUT2D eigenvalue weighted by molar-refractivity contribution is 6.36. The molecule has 144 valence electrons. The normalized spacial score (nSPS) is 11.4. The minimum absolute atomic E-state index is 0.0850. The average Bonchev–Trinajstić information content (AvgIpc) is 3.09. The van der Waals surface area contributed by atoms with Gasteiger partial charge in [-0.2, -0.15) is 0 Å². The van der Waals surface area contributed by atoms with Crippen molar-refractivity contribution >= 4 is 51.9 Å². The summed E-state index contributed by atoms with van der Waals surface area (Å²) >= 11 is 12.1. The number of rotatable bonds is 5. The van der Waals surface area contributed by atoms with E-state index in [-0.39, 0.29) is 5.70 Å². The highest BCUT2D eigenvalue weighted by atomic mass is 35.5. The number of hydrogen-bond donors (Lipinski definition) is 1. The first-order valence-corrected chi connectivity index (χ1v) is 8.68. The fourth-order valence-electron chi connectivity index (χ4n) is 2.37. The highest BCUT2D eigenvalue weighted by Gasteiger charge is 2.15. The maximum absolute atomic E-state index is 11.9. The summed E-state index contributed by atoms with van der Waals surface area (Å²) in [4.78, 5) is 27.8. The van der Waals surface area contributed by atoms with Gasteiger partial charge in [-0.15, -0.1) is 0 Å². The molecule has 7 nitrogen and oxygen atoms in total. The van der Waals surface area contributed by atoms with Gasteiger partial charge in [0.1, 0.15) is 11.2 Å². The molecule has 3 aromatic rings. The average molecular weight is 421 g/mol. The molecule has 1 N–H and O–H groups in total. The molecule has 1 heterocycles. The molecule has 3 rings (SSSR count). The number of nitrogens with zero attached hydrogens (tertiary/aromatic N) is 1. The number of fused-ring (bicyclic) bond motifs is 1. The number of methoxy groups -OCH3 is 2. The summed E-state index contributed by atoms with van der Waals surface area (Å²) in [6.45, 7) is 0. The largest absolute Gasteiger partial charge is 0.466 e. The summed E-state index contributed by atoms with van der Waals surface area (Å²) in [5.41, 5.74) is 2.04. The fourth-order valence-corrected chi connectivity index (χ4v) is 2.86. The van der Waals surface area contributed by atoms with Crippen LogP contribution in [-0.2, 0) is 19.1 Å². The van der Waals surface area contributed by atoms with E-state index in [0.717, 1.165) is 6.08 Å². The van der Waals surface area contributed by atoms with Gasteiger partial charge in [0, 0.05) is 10.7 Å². The Bertz CT molecular complexity index is 1090. The molecule has 0 fully saturated rings. The molecule has 0 saturated carbocycles. The number of esters is 2. The second kappa shape index (κ2) is 8.33. The predicted octanol–water partition coefficient (Wildman–Crippen LogP) is 4.44. The van der Waals surface area contributed by atoms with Gasteiger partial charge < -0.3 is 19.2 Å². The van der Waals surface area contributed by atoms with Crippen LogP contribution in [0.1, 0.15) is 0 Å². The van der Waals surface area contributed by atoms with Gasteiger partial charge in [0.15, 0.2) is 5.58 Å². The molecule has 0 amide bonds. The Balaban J connectivity index is 1.95. The molecular weight excluding hydrogens is 407 g/mol. The Morgan fingerprint density at radius 1 is 1.11 bits per heavy atom. The Labute approximate surface area is 169 Å². The minimum atomic E-state index is -0.723. The summed E-state index contributed by atoms with van der Waals surface area (Å²) in [5.74, 6) is -1.10. The topological polar surface area (TPSA) is 90.7 Å². The lowest BCUT2D eigenvalue weighted by Crippen LogP contribution is -2.15. The van der Waals surface area contributed by atoms with Crippen molar-refractivity contribution in [2.45, 2.75) is 0 Å². The van der Waals surface area contributed by atoms with Crippen molar-refractivity contribution in [2.24, 2.45) is 0 Å². The molecule has 0 saturated heterocycles. The number of hydrogen-bond acceptors (Lipinski definition) is 7. The zero-order valence-corrected chi connectivity index (χ0v) is 16.3. The van der Waals surface area contributed by atoms with E-state index in [1.165, 1.54) is 14.2 Å². The van der Waals surface area contributed by atoms with E-state index in [9.17, 15) is 9.59 Å². The van der Waals surface area contributed by atoms with E-state index < -0.39 is 11.9 Å². The van der Waals surface area contributed by atoms with Gasteiger partial charge in [-0.1, -0.05) is 23.2 Å². The van der Waals surface area contributed by atoms with Gasteiger partial charge >= 0.3 is 11.9 Å². The SMILES string of the molecule is COC(=O)/C=C(/Nc1ccc2oc(-c3ccc(Cl)cc3Cl)nc2c1)C(=O)OC. The van der Waals surface area contributed by atoms with Crippen LogP contribution in [0.15, 0.2) is 52.6 Å². The van der Waals surface area contributed by atoms with Gasteiger partial charge in [-0.25, -0.2) is 14.6 Å². The molecule has 0 bridgehead atoms. The molecule has 1 aromatic heterocycles. The molecule has 0 aliphatic heterocycles. The standard InChI is InChI=1S/C19H14Cl2N2O5/c1-26-17(24)9-15(19(25)27-2)22-11-4-6-16-14(8-11)23-18(28-16)12-5-3-10(20)7-13(12)21/h3-9,22H,1-2H3/b15-9+. The maximum atomic E-state index is 11.9. The van der Waals surface area contributed by atoms with Crippen LogP contribution in [0.25, 0.3) is 22.6 Å². The molecular formula is C19H14Cl2N2O5. The summed E-state index contributed by atoms with van der Waals surface area (Å²) in [5, 5.41) is 3.73. The molecule has 0 unspecified atom stereocenters. The molecule has 0 spiro atoms. The van der Waals surface area contributed by atoms with Crippen molar-refractivity contribution in [3.8, 4) is 11.5 Å². The van der Waals surface area contributed by atoms with Gasteiger partial charge in [0.25, 0.3) is 0 Å². The molecule has 2 aromatic carbocycles. The van der Waals surface area contributed by atoms with Gasteiger partial charge in [0.05, 0.1) is 30.9 Å². The Kier molecular flexibility index (Phi) is 5.87. The van der Waals surface area contributed by atoms with Crippen molar-refractivity contribution in [1.29, 1.82) is 0 Å². The van der Waals surface area contributed by atoms with E-state index in [1.54, 1.807) is 36.4 Å². The molecule has 0 aliphatic carbocycles. The van der Waals surface area contributed by atoms with E-state index in [2.05, 4.69) is 19.8 Å². The molecule has 0 atom stereocenters. The van der Waals surface area contributed by atoms with Crippen molar-refractivity contribution in [2.75, 3.05) is 19.5 Å². The zero-order chi connectivity index (χ0) is 20.3. The monoisotopic (exact) mass is 420 g/mol. The Hall–Kier alpha value is -3.03. The molecule has 0 radical (unpaired) electrons. The Morgan fingerprint density at radius 3 is 2.57 bits per heavy atom. The molecule has 0 aliphatic rings. The molecule has 28 heavy (non-hydrogen) atoms. The van der Waals surface area contributed by atoms with E-state index >= 15 is 0 Å². The first-order chi connectivity index (χ1) is 13.4. The van der Waals surface area contributed by atoms with Crippen LogP contribution < -0.4 is 5.32 Å². The first kappa shape index (κ1) is 19.7. The second-order valence-electron chi connectivity index (χ2n) is 5.52. The van der Waals surface area contributed by atoms with Crippen LogP contribution in [0.3, 0.4) is 0 Å². The summed E-state index contributed by atoms with van der Waals surface area (Å²) < 4.78 is 14.9. The number of benzene rings is 2. The number of carbonyl (C=O) groups is 2. The predicted molar refractivity (Wildman–Crippen MR) is 105 cm³/mol. The summed E-state index contributed by atoms with van der Waals surface area (Å²) in [7, 11) is 2.41. The van der Waals surface area contributed by atoms with E-state index in [4.69, 9.17) is 27.6 Å². The van der Waals surface area contributed by atoms with Gasteiger partial charge in [-0.3, -0.25) is 0 Å². The van der Waals surface area contributed by atoms with Crippen LogP contribution in [-0.4, -0.2) is 31.1 Å². The first-order valence-electron chi connectivity index (χ1n) is 7.92. The smallest absolute Gasteiger partial charge is 0.354 e.